The monoisotopic (exact) mass is 440 g/mol. The summed E-state index contributed by atoms with van der Waals surface area (Å²) in [6, 6.07) is 20.9. The molecule has 6 rings (SSSR count). The Balaban J connectivity index is 1.38. The van der Waals surface area contributed by atoms with Crippen LogP contribution in [0.5, 0.6) is 5.75 Å². The zero-order valence-electron chi connectivity index (χ0n) is 16.7. The van der Waals surface area contributed by atoms with Crippen LogP contribution in [0.15, 0.2) is 71.9 Å². The number of carbonyl (C=O) groups excluding carboxylic acids is 2. The van der Waals surface area contributed by atoms with Crippen LogP contribution in [0.1, 0.15) is 10.4 Å². The quantitative estimate of drug-likeness (QED) is 0.254. The maximum atomic E-state index is 13.0. The summed E-state index contributed by atoms with van der Waals surface area (Å²) in [5, 5.41) is 4.41. The van der Waals surface area contributed by atoms with E-state index >= 15 is 0 Å². The summed E-state index contributed by atoms with van der Waals surface area (Å²) < 4.78 is 7.38. The van der Waals surface area contributed by atoms with Gasteiger partial charge in [0.1, 0.15) is 11.4 Å². The number of imidazole rings is 1. The van der Waals surface area contributed by atoms with Gasteiger partial charge in [-0.1, -0.05) is 36.0 Å². The summed E-state index contributed by atoms with van der Waals surface area (Å²) in [6.45, 7) is -0.0152. The van der Waals surface area contributed by atoms with Crippen molar-refractivity contribution in [1.82, 2.24) is 14.4 Å². The molecule has 0 saturated heterocycles. The van der Waals surface area contributed by atoms with Gasteiger partial charge in [-0.2, -0.15) is 0 Å². The first kappa shape index (κ1) is 18.8. The Morgan fingerprint density at radius 3 is 2.75 bits per heavy atom. The third kappa shape index (κ3) is 3.07. The van der Waals surface area contributed by atoms with E-state index in [4.69, 9.17) is 14.7 Å². The number of carbonyl (C=O) groups is 2. The number of nitrogens with one attached hydrogen (secondary N) is 1. The third-order valence-corrected chi connectivity index (χ3v) is 6.32. The maximum Gasteiger partial charge on any atom is 0.262 e. The number of thioether (sulfide) groups is 1. The number of Topliss-reactive ketones (excluding diaryl/α,β-unsaturated/α-hetero) is 1. The molecule has 1 aliphatic rings. The number of ether oxygens (including phenoxy) is 1. The molecule has 8 heteroatoms. The second kappa shape index (κ2) is 7.35. The van der Waals surface area contributed by atoms with Crippen LogP contribution in [-0.2, 0) is 4.79 Å². The summed E-state index contributed by atoms with van der Waals surface area (Å²) in [7, 11) is 0. The predicted octanol–water partition coefficient (Wildman–Crippen LogP) is 4.34. The van der Waals surface area contributed by atoms with Gasteiger partial charge in [0.2, 0.25) is 0 Å². The summed E-state index contributed by atoms with van der Waals surface area (Å²) in [5.41, 5.74) is 4.51. The smallest absolute Gasteiger partial charge is 0.262 e. The fourth-order valence-electron chi connectivity index (χ4n) is 3.88. The Morgan fingerprint density at radius 2 is 1.84 bits per heavy atom. The van der Waals surface area contributed by atoms with Gasteiger partial charge >= 0.3 is 0 Å². The van der Waals surface area contributed by atoms with E-state index in [2.05, 4.69) is 5.32 Å². The molecule has 0 unspecified atom stereocenters. The lowest BCUT2D eigenvalue weighted by molar-refractivity contribution is -0.118. The van der Waals surface area contributed by atoms with Gasteiger partial charge in [-0.05, 0) is 42.5 Å². The van der Waals surface area contributed by atoms with Crippen molar-refractivity contribution in [3.8, 4) is 5.75 Å². The standard InChI is InChI=1S/C24H16N4O3S/c29-20(14-9-10-21-18(11-14)25-22(30)12-31-21)13-32-24-27-16-6-2-1-5-15(16)23-26-17-7-3-4-8-19(17)28(23)24/h1-11H,12-13H2,(H,25,30). The molecule has 7 nitrogen and oxygen atoms in total. The number of aromatic nitrogens is 3. The Hall–Kier alpha value is -3.91. The average Bonchev–Trinajstić information content (AvgIpc) is 3.22. The highest BCUT2D eigenvalue weighted by atomic mass is 32.2. The second-order valence-corrected chi connectivity index (χ2v) is 8.37. The number of hydrogen-bond donors (Lipinski definition) is 1. The summed E-state index contributed by atoms with van der Waals surface area (Å²) in [4.78, 5) is 34.2. The molecule has 0 aliphatic carbocycles. The van der Waals surface area contributed by atoms with Crippen LogP contribution in [-0.4, -0.2) is 38.4 Å². The molecule has 1 aliphatic heterocycles. The second-order valence-electron chi connectivity index (χ2n) is 7.43. The molecule has 5 aromatic rings. The van der Waals surface area contributed by atoms with Crippen LogP contribution >= 0.6 is 11.8 Å². The van der Waals surface area contributed by atoms with E-state index in [9.17, 15) is 9.59 Å². The molecule has 0 atom stereocenters. The molecule has 0 saturated carbocycles. The molecule has 1 N–H and O–H groups in total. The molecule has 0 radical (unpaired) electrons. The highest BCUT2D eigenvalue weighted by molar-refractivity contribution is 7.99. The molecule has 0 spiro atoms. The number of ketones is 1. The third-order valence-electron chi connectivity index (χ3n) is 5.38. The zero-order valence-corrected chi connectivity index (χ0v) is 17.6. The number of rotatable bonds is 4. The van der Waals surface area contributed by atoms with E-state index in [1.165, 1.54) is 11.8 Å². The van der Waals surface area contributed by atoms with Crippen LogP contribution in [0.4, 0.5) is 5.69 Å². The van der Waals surface area contributed by atoms with E-state index in [-0.39, 0.29) is 24.1 Å². The van der Waals surface area contributed by atoms with Gasteiger partial charge in [-0.15, -0.1) is 0 Å². The van der Waals surface area contributed by atoms with Crippen molar-refractivity contribution < 1.29 is 14.3 Å². The van der Waals surface area contributed by atoms with Gasteiger partial charge in [0, 0.05) is 10.9 Å². The molecule has 0 fully saturated rings. The van der Waals surface area contributed by atoms with Crippen molar-refractivity contribution in [1.29, 1.82) is 0 Å². The largest absolute Gasteiger partial charge is 0.482 e. The minimum atomic E-state index is -0.230. The minimum absolute atomic E-state index is 0.0152. The van der Waals surface area contributed by atoms with Crippen molar-refractivity contribution in [2.75, 3.05) is 17.7 Å². The van der Waals surface area contributed by atoms with Gasteiger partial charge in [0.15, 0.2) is 17.5 Å². The van der Waals surface area contributed by atoms with Gasteiger partial charge in [0.05, 0.1) is 28.0 Å². The number of anilines is 1. The van der Waals surface area contributed by atoms with Gasteiger partial charge in [-0.25, -0.2) is 9.97 Å². The minimum Gasteiger partial charge on any atom is -0.482 e. The number of amides is 1. The molecule has 1 amide bonds. The number of benzene rings is 3. The Kier molecular flexibility index (Phi) is 4.32. The highest BCUT2D eigenvalue weighted by Gasteiger charge is 2.19. The Labute approximate surface area is 186 Å². The summed E-state index contributed by atoms with van der Waals surface area (Å²) in [5.74, 6) is 0.466. The highest BCUT2D eigenvalue weighted by Crippen LogP contribution is 2.31. The lowest BCUT2D eigenvalue weighted by atomic mass is 10.1. The van der Waals surface area contributed by atoms with E-state index in [1.54, 1.807) is 18.2 Å². The Bertz CT molecular complexity index is 1560. The average molecular weight is 440 g/mol. The molecule has 0 bridgehead atoms. The number of fused-ring (bicyclic) bond motifs is 6. The van der Waals surface area contributed by atoms with Gasteiger partial charge in [-0.3, -0.25) is 14.0 Å². The van der Waals surface area contributed by atoms with Crippen LogP contribution in [0.3, 0.4) is 0 Å². The molecule has 3 aromatic carbocycles. The van der Waals surface area contributed by atoms with E-state index in [0.717, 1.165) is 27.6 Å². The SMILES string of the molecule is O=C1COc2ccc(C(=O)CSc3nc4ccccc4c4nc5ccccc5n34)cc2N1. The van der Waals surface area contributed by atoms with E-state index in [0.29, 0.717) is 22.2 Å². The molecule has 32 heavy (non-hydrogen) atoms. The number of nitrogens with zero attached hydrogens (tertiary/aromatic N) is 3. The van der Waals surface area contributed by atoms with Crippen LogP contribution < -0.4 is 10.1 Å². The molecular weight excluding hydrogens is 424 g/mol. The van der Waals surface area contributed by atoms with E-state index < -0.39 is 0 Å². The lowest BCUT2D eigenvalue weighted by Crippen LogP contribution is -2.25. The van der Waals surface area contributed by atoms with Crippen molar-refractivity contribution in [3.05, 3.63) is 72.3 Å². The van der Waals surface area contributed by atoms with Crippen molar-refractivity contribution in [2.45, 2.75) is 5.16 Å². The molecule has 3 heterocycles. The number of hydrogen-bond acceptors (Lipinski definition) is 6. The predicted molar refractivity (Wildman–Crippen MR) is 124 cm³/mol. The van der Waals surface area contributed by atoms with E-state index in [1.807, 2.05) is 52.9 Å². The fraction of sp³-hybridized carbons (Fsp3) is 0.0833. The van der Waals surface area contributed by atoms with Crippen LogP contribution in [0.25, 0.3) is 27.6 Å². The number of para-hydroxylation sites is 3. The topological polar surface area (TPSA) is 85.6 Å². The van der Waals surface area contributed by atoms with Crippen molar-refractivity contribution in [3.63, 3.8) is 0 Å². The summed E-state index contributed by atoms with van der Waals surface area (Å²) >= 11 is 1.37. The Morgan fingerprint density at radius 1 is 1.03 bits per heavy atom. The van der Waals surface area contributed by atoms with Crippen molar-refractivity contribution in [2.24, 2.45) is 0 Å². The lowest BCUT2D eigenvalue weighted by Gasteiger charge is -2.18. The first-order chi connectivity index (χ1) is 15.7. The molecule has 2 aromatic heterocycles. The molecular formula is C24H16N4O3S. The summed E-state index contributed by atoms with van der Waals surface area (Å²) in [6.07, 6.45) is 0. The fourth-order valence-corrected chi connectivity index (χ4v) is 4.78. The normalized spacial score (nSPS) is 13.2. The van der Waals surface area contributed by atoms with Gasteiger partial charge < -0.3 is 10.1 Å². The van der Waals surface area contributed by atoms with Crippen LogP contribution in [0.2, 0.25) is 0 Å². The molecule has 156 valence electrons. The first-order valence-electron chi connectivity index (χ1n) is 10.1. The van der Waals surface area contributed by atoms with Crippen molar-refractivity contribution >= 4 is 56.7 Å². The zero-order chi connectivity index (χ0) is 21.7. The van der Waals surface area contributed by atoms with Gasteiger partial charge in [0.25, 0.3) is 5.91 Å². The van der Waals surface area contributed by atoms with Crippen LogP contribution in [0, 0.1) is 0 Å². The maximum absolute atomic E-state index is 13.0. The first-order valence-corrected chi connectivity index (χ1v) is 11.0.